The van der Waals surface area contributed by atoms with Gasteiger partial charge in [-0.05, 0) is 58.0 Å². The van der Waals surface area contributed by atoms with Crippen LogP contribution in [0.4, 0.5) is 10.3 Å². The van der Waals surface area contributed by atoms with Crippen molar-refractivity contribution < 1.29 is 13.9 Å². The second-order valence-electron chi connectivity index (χ2n) is 7.63. The Balaban J connectivity index is 1.61. The predicted molar refractivity (Wildman–Crippen MR) is 116 cm³/mol. The molecule has 2 aliphatic heterocycles. The Bertz CT molecular complexity index is 1350. The first-order valence-electron chi connectivity index (χ1n) is 10.2. The molecule has 0 unspecified atom stereocenters. The third kappa shape index (κ3) is 2.84. The van der Waals surface area contributed by atoms with Gasteiger partial charge in [-0.25, -0.2) is 4.39 Å². The number of fused-ring (bicyclic) bond motifs is 3. The van der Waals surface area contributed by atoms with Crippen LogP contribution in [-0.4, -0.2) is 27.3 Å². The number of hydrogen-bond acceptors (Lipinski definition) is 6. The van der Waals surface area contributed by atoms with E-state index in [1.165, 1.54) is 12.1 Å². The third-order valence-electron chi connectivity index (χ3n) is 5.82. The van der Waals surface area contributed by atoms with E-state index >= 15 is 0 Å². The summed E-state index contributed by atoms with van der Waals surface area (Å²) in [5.41, 5.74) is 4.34. The number of hydrogen-bond donors (Lipinski definition) is 1. The largest absolute Gasteiger partial charge is 0.497 e. The molecule has 0 bridgehead atoms. The number of rotatable bonds is 3. The minimum absolute atomic E-state index is 0.319. The monoisotopic (exact) mass is 427 g/mol. The molecule has 3 aromatic carbocycles. The zero-order valence-electron chi connectivity index (χ0n) is 17.1. The summed E-state index contributed by atoms with van der Waals surface area (Å²) >= 11 is 0. The van der Waals surface area contributed by atoms with E-state index in [4.69, 9.17) is 9.47 Å². The van der Waals surface area contributed by atoms with Gasteiger partial charge < -0.3 is 14.8 Å². The van der Waals surface area contributed by atoms with E-state index in [9.17, 15) is 4.39 Å². The van der Waals surface area contributed by atoms with E-state index < -0.39 is 6.10 Å². The topological polar surface area (TPSA) is 74.1 Å². The number of tetrazole rings is 1. The van der Waals surface area contributed by atoms with Gasteiger partial charge in [0.05, 0.1) is 12.8 Å². The molecule has 3 heterocycles. The number of halogens is 1. The molecule has 0 aliphatic carbocycles. The van der Waals surface area contributed by atoms with Gasteiger partial charge in [0.1, 0.15) is 29.5 Å². The highest BCUT2D eigenvalue weighted by Crippen LogP contribution is 2.50. The maximum Gasteiger partial charge on any atom is 0.248 e. The van der Waals surface area contributed by atoms with E-state index in [1.54, 1.807) is 17.9 Å². The number of aromatic nitrogens is 4. The maximum absolute atomic E-state index is 14.2. The minimum atomic E-state index is -0.535. The molecule has 1 aromatic heterocycles. The molecular weight excluding hydrogens is 409 g/mol. The molecule has 0 fully saturated rings. The van der Waals surface area contributed by atoms with Gasteiger partial charge in [-0.15, -0.1) is 0 Å². The van der Waals surface area contributed by atoms with Crippen molar-refractivity contribution in [3.63, 3.8) is 0 Å². The van der Waals surface area contributed by atoms with E-state index in [2.05, 4.69) is 20.8 Å². The summed E-state index contributed by atoms with van der Waals surface area (Å²) in [6.45, 7) is 0. The summed E-state index contributed by atoms with van der Waals surface area (Å²) in [6.07, 6.45) is -0.535. The Labute approximate surface area is 183 Å². The van der Waals surface area contributed by atoms with E-state index in [1.807, 2.05) is 54.6 Å². The highest BCUT2D eigenvalue weighted by Gasteiger charge is 2.41. The summed E-state index contributed by atoms with van der Waals surface area (Å²) in [6, 6.07) is 21.7. The van der Waals surface area contributed by atoms with E-state index in [0.717, 1.165) is 28.1 Å². The van der Waals surface area contributed by atoms with E-state index in [0.29, 0.717) is 17.3 Å². The van der Waals surface area contributed by atoms with Crippen LogP contribution in [-0.2, 0) is 0 Å². The lowest BCUT2D eigenvalue weighted by molar-refractivity contribution is 0.222. The first kappa shape index (κ1) is 18.6. The Hall–Kier alpha value is -4.20. The lowest BCUT2D eigenvalue weighted by atomic mass is 9.84. The second-order valence-corrected chi connectivity index (χ2v) is 7.63. The van der Waals surface area contributed by atoms with Crippen molar-refractivity contribution in [2.45, 2.75) is 12.1 Å². The van der Waals surface area contributed by atoms with Crippen LogP contribution in [0, 0.1) is 5.82 Å². The normalized spacial score (nSPS) is 18.7. The van der Waals surface area contributed by atoms with Crippen LogP contribution in [0.5, 0.6) is 11.5 Å². The van der Waals surface area contributed by atoms with Crippen molar-refractivity contribution in [2.24, 2.45) is 0 Å². The fraction of sp³-hybridized carbons (Fsp3) is 0.125. The number of ether oxygens (including phenoxy) is 2. The SMILES string of the molecule is COc1ccc([C@H]2C3=C(Nc4nnnn42)c2ccccc2O[C@H]3c2cccc(F)c2)cc1. The average molecular weight is 427 g/mol. The molecule has 7 nitrogen and oxygen atoms in total. The van der Waals surface area contributed by atoms with Gasteiger partial charge in [0.15, 0.2) is 0 Å². The van der Waals surface area contributed by atoms with Gasteiger partial charge in [0.2, 0.25) is 5.95 Å². The molecule has 0 spiro atoms. The van der Waals surface area contributed by atoms with Crippen molar-refractivity contribution in [2.75, 3.05) is 12.4 Å². The summed E-state index contributed by atoms with van der Waals surface area (Å²) < 4.78 is 27.7. The predicted octanol–water partition coefficient (Wildman–Crippen LogP) is 4.38. The van der Waals surface area contributed by atoms with E-state index in [-0.39, 0.29) is 11.9 Å². The van der Waals surface area contributed by atoms with Crippen LogP contribution < -0.4 is 14.8 Å². The van der Waals surface area contributed by atoms with Crippen LogP contribution in [0.3, 0.4) is 0 Å². The van der Waals surface area contributed by atoms with Crippen LogP contribution >= 0.6 is 0 Å². The third-order valence-corrected chi connectivity index (χ3v) is 5.82. The number of para-hydroxylation sites is 1. The van der Waals surface area contributed by atoms with Gasteiger partial charge in [0, 0.05) is 11.1 Å². The fourth-order valence-electron chi connectivity index (χ4n) is 4.39. The van der Waals surface area contributed by atoms with Crippen LogP contribution in [0.25, 0.3) is 5.70 Å². The smallest absolute Gasteiger partial charge is 0.248 e. The molecule has 2 aliphatic rings. The van der Waals surface area contributed by atoms with Gasteiger partial charge in [-0.3, -0.25) is 0 Å². The van der Waals surface area contributed by atoms with Crippen molar-refractivity contribution in [1.29, 1.82) is 0 Å². The van der Waals surface area contributed by atoms with Crippen molar-refractivity contribution in [3.8, 4) is 11.5 Å². The average Bonchev–Trinajstić information content (AvgIpc) is 3.30. The Kier molecular flexibility index (Phi) is 4.17. The molecule has 0 radical (unpaired) electrons. The second kappa shape index (κ2) is 7.19. The molecule has 0 amide bonds. The van der Waals surface area contributed by atoms with Crippen LogP contribution in [0.2, 0.25) is 0 Å². The summed E-state index contributed by atoms with van der Waals surface area (Å²) in [5, 5.41) is 15.7. The van der Waals surface area contributed by atoms with Crippen LogP contribution in [0.15, 0.2) is 78.4 Å². The number of nitrogens with zero attached hydrogens (tertiary/aromatic N) is 4. The summed E-state index contributed by atoms with van der Waals surface area (Å²) in [7, 11) is 1.63. The summed E-state index contributed by atoms with van der Waals surface area (Å²) in [5.74, 6) is 1.67. The Morgan fingerprint density at radius 1 is 1.00 bits per heavy atom. The van der Waals surface area contributed by atoms with Crippen molar-refractivity contribution in [1.82, 2.24) is 20.2 Å². The Morgan fingerprint density at radius 3 is 2.66 bits per heavy atom. The zero-order chi connectivity index (χ0) is 21.7. The molecule has 2 atom stereocenters. The molecule has 0 saturated carbocycles. The number of nitrogens with one attached hydrogen (secondary N) is 1. The van der Waals surface area contributed by atoms with Crippen molar-refractivity contribution in [3.05, 3.63) is 101 Å². The quantitative estimate of drug-likeness (QED) is 0.523. The fourth-order valence-corrected chi connectivity index (χ4v) is 4.39. The number of benzene rings is 3. The van der Waals surface area contributed by atoms with Crippen LogP contribution in [0.1, 0.15) is 28.8 Å². The molecule has 32 heavy (non-hydrogen) atoms. The van der Waals surface area contributed by atoms with Gasteiger partial charge in [-0.2, -0.15) is 4.68 Å². The molecule has 0 saturated heterocycles. The first-order valence-corrected chi connectivity index (χ1v) is 10.2. The zero-order valence-corrected chi connectivity index (χ0v) is 17.1. The standard InChI is InChI=1S/C24H18FN5O2/c1-31-17-11-9-14(10-12-17)22-20-21(26-24-27-28-29-30(22)24)18-7-2-3-8-19(18)32-23(20)15-5-4-6-16(25)13-15/h2-13,22-23H,1H3,(H,26,27,29)/t22-,23-/m0/s1. The number of anilines is 1. The molecule has 158 valence electrons. The molecule has 4 aromatic rings. The maximum atomic E-state index is 14.2. The Morgan fingerprint density at radius 2 is 1.84 bits per heavy atom. The molecular formula is C24H18FN5O2. The summed E-state index contributed by atoms with van der Waals surface area (Å²) in [4.78, 5) is 0. The van der Waals surface area contributed by atoms with Gasteiger partial charge >= 0.3 is 0 Å². The molecule has 8 heteroatoms. The molecule has 1 N–H and O–H groups in total. The minimum Gasteiger partial charge on any atom is -0.497 e. The number of methoxy groups -OCH3 is 1. The highest BCUT2D eigenvalue weighted by atomic mass is 19.1. The highest BCUT2D eigenvalue weighted by molar-refractivity contribution is 5.85. The van der Waals surface area contributed by atoms with Crippen molar-refractivity contribution >= 4 is 11.6 Å². The lowest BCUT2D eigenvalue weighted by Gasteiger charge is -2.38. The first-order chi connectivity index (χ1) is 15.7. The van der Waals surface area contributed by atoms with Gasteiger partial charge in [0.25, 0.3) is 0 Å². The molecule has 6 rings (SSSR count). The van der Waals surface area contributed by atoms with Gasteiger partial charge in [-0.1, -0.05) is 41.5 Å². The lowest BCUT2D eigenvalue weighted by Crippen LogP contribution is -2.32.